The van der Waals surface area contributed by atoms with E-state index in [1.165, 1.54) is 31.0 Å². The molecular formula is C9H19NOS. The van der Waals surface area contributed by atoms with E-state index in [4.69, 9.17) is 0 Å². The van der Waals surface area contributed by atoms with Gasteiger partial charge in [-0.1, -0.05) is 44.9 Å². The van der Waals surface area contributed by atoms with Crippen molar-refractivity contribution in [1.82, 2.24) is 5.32 Å². The third-order valence-corrected chi connectivity index (χ3v) is 2.27. The van der Waals surface area contributed by atoms with Gasteiger partial charge in [0.1, 0.15) is 0 Å². The number of amides is 1. The topological polar surface area (TPSA) is 29.1 Å². The molecule has 0 aromatic carbocycles. The van der Waals surface area contributed by atoms with E-state index in [1.54, 1.807) is 0 Å². The third kappa shape index (κ3) is 7.92. The van der Waals surface area contributed by atoms with Crippen molar-refractivity contribution in [2.24, 2.45) is 0 Å². The molecule has 0 aliphatic rings. The minimum absolute atomic E-state index is 0.119. The highest BCUT2D eigenvalue weighted by atomic mass is 32.2. The molecule has 0 spiro atoms. The zero-order valence-corrected chi connectivity index (χ0v) is 8.88. The minimum atomic E-state index is 0.119. The van der Waals surface area contributed by atoms with Crippen molar-refractivity contribution in [3.05, 3.63) is 0 Å². The number of rotatable bonds is 6. The van der Waals surface area contributed by atoms with Gasteiger partial charge in [0.2, 0.25) is 0 Å². The lowest BCUT2D eigenvalue weighted by Crippen LogP contribution is -2.19. The smallest absolute Gasteiger partial charge is 0.279 e. The Morgan fingerprint density at radius 1 is 1.25 bits per heavy atom. The predicted octanol–water partition coefficient (Wildman–Crippen LogP) is 3.03. The number of carbonyl (C=O) groups excluding carboxylic acids is 1. The molecule has 0 unspecified atom stereocenters. The molecule has 12 heavy (non-hydrogen) atoms. The number of thioether (sulfide) groups is 1. The van der Waals surface area contributed by atoms with E-state index >= 15 is 0 Å². The maximum atomic E-state index is 10.9. The van der Waals surface area contributed by atoms with E-state index in [9.17, 15) is 4.79 Å². The van der Waals surface area contributed by atoms with Gasteiger partial charge >= 0.3 is 0 Å². The highest BCUT2D eigenvalue weighted by Gasteiger charge is 1.97. The first kappa shape index (κ1) is 11.8. The molecule has 72 valence electrons. The Balaban J connectivity index is 3.03. The normalized spacial score (nSPS) is 9.83. The predicted molar refractivity (Wildman–Crippen MR) is 55.7 cm³/mol. The molecule has 1 amide bonds. The van der Waals surface area contributed by atoms with Crippen LogP contribution in [0.25, 0.3) is 0 Å². The monoisotopic (exact) mass is 189 g/mol. The maximum absolute atomic E-state index is 10.9. The van der Waals surface area contributed by atoms with Crippen LogP contribution in [-0.4, -0.2) is 17.5 Å². The first-order chi connectivity index (χ1) is 5.81. The maximum Gasteiger partial charge on any atom is 0.279 e. The van der Waals surface area contributed by atoms with Gasteiger partial charge < -0.3 is 5.32 Å². The molecule has 0 rings (SSSR count). The van der Waals surface area contributed by atoms with E-state index in [-0.39, 0.29) is 5.24 Å². The molecule has 0 heterocycles. The standard InChI is InChI=1S/C9H19NOS/c1-3-5-6-7-8-10-9(11)12-4-2/h3-8H2,1-2H3,(H,10,11). The first-order valence-corrected chi connectivity index (χ1v) is 5.70. The fraction of sp³-hybridized carbons (Fsp3) is 0.889. The first-order valence-electron chi connectivity index (χ1n) is 4.71. The second-order valence-electron chi connectivity index (χ2n) is 2.71. The molecular weight excluding hydrogens is 170 g/mol. The van der Waals surface area contributed by atoms with Gasteiger partial charge in [0.15, 0.2) is 0 Å². The van der Waals surface area contributed by atoms with E-state index in [1.807, 2.05) is 6.92 Å². The van der Waals surface area contributed by atoms with Crippen LogP contribution in [0.15, 0.2) is 0 Å². The number of nitrogens with one attached hydrogen (secondary N) is 1. The Bertz CT molecular complexity index is 117. The van der Waals surface area contributed by atoms with Crippen LogP contribution in [0.1, 0.15) is 39.5 Å². The van der Waals surface area contributed by atoms with Crippen molar-refractivity contribution >= 4 is 17.0 Å². The summed E-state index contributed by atoms with van der Waals surface area (Å²) < 4.78 is 0. The van der Waals surface area contributed by atoms with Crippen LogP contribution < -0.4 is 5.32 Å². The van der Waals surface area contributed by atoms with Crippen LogP contribution in [0.2, 0.25) is 0 Å². The van der Waals surface area contributed by atoms with Gasteiger partial charge in [0.25, 0.3) is 5.24 Å². The minimum Gasteiger partial charge on any atom is -0.347 e. The molecule has 0 radical (unpaired) electrons. The van der Waals surface area contributed by atoms with Gasteiger partial charge in [0, 0.05) is 6.54 Å². The van der Waals surface area contributed by atoms with E-state index in [0.29, 0.717) is 0 Å². The molecule has 0 aromatic rings. The highest BCUT2D eigenvalue weighted by Crippen LogP contribution is 2.01. The summed E-state index contributed by atoms with van der Waals surface area (Å²) in [5, 5.41) is 2.99. The molecule has 0 atom stereocenters. The van der Waals surface area contributed by atoms with Crippen LogP contribution in [0.3, 0.4) is 0 Å². The summed E-state index contributed by atoms with van der Waals surface area (Å²) in [5.41, 5.74) is 0. The van der Waals surface area contributed by atoms with Crippen molar-refractivity contribution in [3.8, 4) is 0 Å². The van der Waals surface area contributed by atoms with Crippen LogP contribution in [0, 0.1) is 0 Å². The Kier molecular flexibility index (Phi) is 8.78. The number of hydrogen-bond donors (Lipinski definition) is 1. The summed E-state index contributed by atoms with van der Waals surface area (Å²) >= 11 is 1.35. The molecule has 0 bridgehead atoms. The van der Waals surface area contributed by atoms with Crippen LogP contribution in [-0.2, 0) is 0 Å². The molecule has 0 saturated heterocycles. The van der Waals surface area contributed by atoms with Crippen molar-refractivity contribution in [2.75, 3.05) is 12.3 Å². The lowest BCUT2D eigenvalue weighted by Gasteiger charge is -2.02. The van der Waals surface area contributed by atoms with Crippen LogP contribution in [0.5, 0.6) is 0 Å². The van der Waals surface area contributed by atoms with E-state index in [2.05, 4.69) is 12.2 Å². The SMILES string of the molecule is CCCCCCNC(=O)SCC. The highest BCUT2D eigenvalue weighted by molar-refractivity contribution is 8.13. The fourth-order valence-electron chi connectivity index (χ4n) is 0.924. The summed E-state index contributed by atoms with van der Waals surface area (Å²) in [7, 11) is 0. The van der Waals surface area contributed by atoms with Crippen molar-refractivity contribution in [2.45, 2.75) is 39.5 Å². The van der Waals surface area contributed by atoms with E-state index < -0.39 is 0 Å². The Morgan fingerprint density at radius 2 is 2.00 bits per heavy atom. The molecule has 0 aromatic heterocycles. The van der Waals surface area contributed by atoms with Crippen molar-refractivity contribution in [1.29, 1.82) is 0 Å². The van der Waals surface area contributed by atoms with Crippen molar-refractivity contribution in [3.63, 3.8) is 0 Å². The van der Waals surface area contributed by atoms with Gasteiger partial charge in [-0.15, -0.1) is 0 Å². The quantitative estimate of drug-likeness (QED) is 0.651. The Hall–Kier alpha value is -0.180. The average Bonchev–Trinajstić information content (AvgIpc) is 2.05. The van der Waals surface area contributed by atoms with Crippen molar-refractivity contribution < 1.29 is 4.79 Å². The average molecular weight is 189 g/mol. The molecule has 3 heteroatoms. The Labute approximate surface area is 79.5 Å². The largest absolute Gasteiger partial charge is 0.347 e. The van der Waals surface area contributed by atoms with Crippen LogP contribution in [0.4, 0.5) is 4.79 Å². The lowest BCUT2D eigenvalue weighted by atomic mass is 10.2. The third-order valence-electron chi connectivity index (χ3n) is 1.58. The van der Waals surface area contributed by atoms with Gasteiger partial charge in [-0.3, -0.25) is 4.79 Å². The molecule has 2 nitrogen and oxygen atoms in total. The molecule has 1 N–H and O–H groups in total. The summed E-state index contributed by atoms with van der Waals surface area (Å²) in [6, 6.07) is 0. The summed E-state index contributed by atoms with van der Waals surface area (Å²) in [6.45, 7) is 5.01. The van der Waals surface area contributed by atoms with Gasteiger partial charge in [0.05, 0.1) is 0 Å². The molecule has 0 saturated carbocycles. The second-order valence-corrected chi connectivity index (χ2v) is 3.94. The zero-order valence-electron chi connectivity index (χ0n) is 8.06. The summed E-state index contributed by atoms with van der Waals surface area (Å²) in [4.78, 5) is 10.9. The lowest BCUT2D eigenvalue weighted by molar-refractivity contribution is 0.260. The van der Waals surface area contributed by atoms with Crippen LogP contribution >= 0.6 is 11.8 Å². The molecule has 0 aliphatic carbocycles. The number of unbranched alkanes of at least 4 members (excludes halogenated alkanes) is 3. The zero-order chi connectivity index (χ0) is 9.23. The molecule has 0 fully saturated rings. The summed E-state index contributed by atoms with van der Waals surface area (Å²) in [6.07, 6.45) is 4.87. The van der Waals surface area contributed by atoms with E-state index in [0.717, 1.165) is 18.7 Å². The van der Waals surface area contributed by atoms with Gasteiger partial charge in [-0.25, -0.2) is 0 Å². The second kappa shape index (κ2) is 8.91. The Morgan fingerprint density at radius 3 is 2.58 bits per heavy atom. The van der Waals surface area contributed by atoms with Gasteiger partial charge in [-0.2, -0.15) is 0 Å². The number of carbonyl (C=O) groups is 1. The number of hydrogen-bond acceptors (Lipinski definition) is 2. The summed E-state index contributed by atoms with van der Waals surface area (Å²) in [5.74, 6) is 0.862. The fourth-order valence-corrected chi connectivity index (χ4v) is 1.39. The van der Waals surface area contributed by atoms with Gasteiger partial charge in [-0.05, 0) is 12.2 Å². The molecule has 0 aliphatic heterocycles.